The number of rotatable bonds is 4. The molecule has 0 amide bonds. The maximum Gasteiger partial charge on any atom is 0.0519 e. The van der Waals surface area contributed by atoms with Crippen LogP contribution < -0.4 is 5.73 Å². The van der Waals surface area contributed by atoms with Crippen molar-refractivity contribution < 1.29 is 4.74 Å². The van der Waals surface area contributed by atoms with Crippen LogP contribution in [0.5, 0.6) is 0 Å². The standard InChI is InChI=1S/C12H25NO/c1-11(2)4-6-12(7-5-11,8-9-13)10-14-3/h4-10,13H2,1-3H3. The molecule has 2 nitrogen and oxygen atoms in total. The van der Waals surface area contributed by atoms with Gasteiger partial charge < -0.3 is 10.5 Å². The third-order valence-electron chi connectivity index (χ3n) is 3.79. The molecule has 2 heteroatoms. The zero-order chi connectivity index (χ0) is 10.7. The Kier molecular flexibility index (Phi) is 3.96. The monoisotopic (exact) mass is 199 g/mol. The van der Waals surface area contributed by atoms with Gasteiger partial charge in [0.2, 0.25) is 0 Å². The average Bonchev–Trinajstić information content (AvgIpc) is 2.12. The SMILES string of the molecule is COCC1(CCN)CCC(C)(C)CC1. The Labute approximate surface area is 88.2 Å². The molecular weight excluding hydrogens is 174 g/mol. The molecule has 0 heterocycles. The van der Waals surface area contributed by atoms with Gasteiger partial charge in [0, 0.05) is 7.11 Å². The Balaban J connectivity index is 2.54. The van der Waals surface area contributed by atoms with Gasteiger partial charge in [0.25, 0.3) is 0 Å². The molecule has 1 fully saturated rings. The molecule has 1 saturated carbocycles. The predicted octanol–water partition coefficient (Wildman–Crippen LogP) is 2.57. The highest BCUT2D eigenvalue weighted by Crippen LogP contribution is 2.46. The normalized spacial score (nSPS) is 24.9. The molecular formula is C12H25NO. The van der Waals surface area contributed by atoms with Crippen LogP contribution in [0.25, 0.3) is 0 Å². The molecule has 1 rings (SSSR count). The average molecular weight is 199 g/mol. The van der Waals surface area contributed by atoms with Crippen LogP contribution in [0.3, 0.4) is 0 Å². The zero-order valence-corrected chi connectivity index (χ0v) is 9.94. The second-order valence-corrected chi connectivity index (χ2v) is 5.64. The fraction of sp³-hybridized carbons (Fsp3) is 1.00. The second kappa shape index (κ2) is 4.63. The molecule has 0 unspecified atom stereocenters. The lowest BCUT2D eigenvalue weighted by Gasteiger charge is -2.43. The summed E-state index contributed by atoms with van der Waals surface area (Å²) in [7, 11) is 1.80. The van der Waals surface area contributed by atoms with E-state index in [1.807, 2.05) is 0 Å². The fourth-order valence-corrected chi connectivity index (χ4v) is 2.54. The van der Waals surface area contributed by atoms with Gasteiger partial charge in [-0.2, -0.15) is 0 Å². The van der Waals surface area contributed by atoms with Crippen molar-refractivity contribution in [2.24, 2.45) is 16.6 Å². The van der Waals surface area contributed by atoms with Gasteiger partial charge in [-0.05, 0) is 49.5 Å². The highest BCUT2D eigenvalue weighted by molar-refractivity contribution is 4.89. The lowest BCUT2D eigenvalue weighted by molar-refractivity contribution is 0.0135. The molecule has 0 saturated heterocycles. The molecule has 0 bridgehead atoms. The highest BCUT2D eigenvalue weighted by Gasteiger charge is 2.37. The van der Waals surface area contributed by atoms with Crippen LogP contribution in [0.2, 0.25) is 0 Å². The van der Waals surface area contributed by atoms with E-state index in [1.54, 1.807) is 7.11 Å². The molecule has 0 aliphatic heterocycles. The summed E-state index contributed by atoms with van der Waals surface area (Å²) in [6, 6.07) is 0. The van der Waals surface area contributed by atoms with Crippen LogP contribution in [-0.2, 0) is 4.74 Å². The Bertz CT molecular complexity index is 159. The largest absolute Gasteiger partial charge is 0.384 e. The van der Waals surface area contributed by atoms with Gasteiger partial charge in [-0.3, -0.25) is 0 Å². The Morgan fingerprint density at radius 3 is 2.14 bits per heavy atom. The van der Waals surface area contributed by atoms with E-state index in [9.17, 15) is 0 Å². The molecule has 1 aliphatic carbocycles. The van der Waals surface area contributed by atoms with Gasteiger partial charge in [-0.15, -0.1) is 0 Å². The first-order chi connectivity index (χ1) is 6.54. The molecule has 0 spiro atoms. The quantitative estimate of drug-likeness (QED) is 0.755. The number of hydrogen-bond donors (Lipinski definition) is 1. The lowest BCUT2D eigenvalue weighted by atomic mass is 9.64. The third-order valence-corrected chi connectivity index (χ3v) is 3.79. The number of hydrogen-bond acceptors (Lipinski definition) is 2. The van der Waals surface area contributed by atoms with E-state index >= 15 is 0 Å². The van der Waals surface area contributed by atoms with Gasteiger partial charge in [0.05, 0.1) is 6.61 Å². The first-order valence-corrected chi connectivity index (χ1v) is 5.73. The minimum absolute atomic E-state index is 0.388. The van der Waals surface area contributed by atoms with Crippen molar-refractivity contribution in [2.75, 3.05) is 20.3 Å². The van der Waals surface area contributed by atoms with E-state index in [-0.39, 0.29) is 0 Å². The van der Waals surface area contributed by atoms with Gasteiger partial charge in [-0.1, -0.05) is 13.8 Å². The summed E-state index contributed by atoms with van der Waals surface area (Å²) >= 11 is 0. The summed E-state index contributed by atoms with van der Waals surface area (Å²) < 4.78 is 5.35. The molecule has 0 radical (unpaired) electrons. The summed E-state index contributed by atoms with van der Waals surface area (Å²) in [6.07, 6.45) is 6.32. The van der Waals surface area contributed by atoms with E-state index in [0.29, 0.717) is 10.8 Å². The van der Waals surface area contributed by atoms with Crippen molar-refractivity contribution in [1.82, 2.24) is 0 Å². The van der Waals surface area contributed by atoms with Gasteiger partial charge >= 0.3 is 0 Å². The Hall–Kier alpha value is -0.0800. The predicted molar refractivity (Wildman–Crippen MR) is 60.2 cm³/mol. The Morgan fingerprint density at radius 2 is 1.71 bits per heavy atom. The molecule has 0 aromatic heterocycles. The molecule has 14 heavy (non-hydrogen) atoms. The minimum Gasteiger partial charge on any atom is -0.384 e. The number of ether oxygens (including phenoxy) is 1. The maximum absolute atomic E-state index is 5.69. The summed E-state index contributed by atoms with van der Waals surface area (Å²) in [4.78, 5) is 0. The summed E-state index contributed by atoms with van der Waals surface area (Å²) in [5.41, 5.74) is 6.61. The van der Waals surface area contributed by atoms with E-state index < -0.39 is 0 Å². The van der Waals surface area contributed by atoms with Crippen molar-refractivity contribution in [3.05, 3.63) is 0 Å². The van der Waals surface area contributed by atoms with E-state index in [0.717, 1.165) is 19.6 Å². The summed E-state index contributed by atoms with van der Waals surface area (Å²) in [6.45, 7) is 6.42. The van der Waals surface area contributed by atoms with Gasteiger partial charge in [0.15, 0.2) is 0 Å². The molecule has 0 atom stereocenters. The number of nitrogens with two attached hydrogens (primary N) is 1. The fourth-order valence-electron chi connectivity index (χ4n) is 2.54. The maximum atomic E-state index is 5.69. The van der Waals surface area contributed by atoms with Crippen LogP contribution in [0, 0.1) is 10.8 Å². The van der Waals surface area contributed by atoms with Crippen molar-refractivity contribution in [3.63, 3.8) is 0 Å². The van der Waals surface area contributed by atoms with Crippen LogP contribution in [0.4, 0.5) is 0 Å². The molecule has 1 aliphatic rings. The molecule has 84 valence electrons. The molecule has 2 N–H and O–H groups in total. The van der Waals surface area contributed by atoms with Crippen LogP contribution in [-0.4, -0.2) is 20.3 Å². The van der Waals surface area contributed by atoms with Gasteiger partial charge in [-0.25, -0.2) is 0 Å². The Morgan fingerprint density at radius 1 is 1.14 bits per heavy atom. The second-order valence-electron chi connectivity index (χ2n) is 5.64. The van der Waals surface area contributed by atoms with E-state index in [2.05, 4.69) is 13.8 Å². The van der Waals surface area contributed by atoms with Crippen LogP contribution in [0.15, 0.2) is 0 Å². The molecule has 0 aromatic rings. The first-order valence-electron chi connectivity index (χ1n) is 5.73. The number of methoxy groups -OCH3 is 1. The smallest absolute Gasteiger partial charge is 0.0519 e. The molecule has 0 aromatic carbocycles. The topological polar surface area (TPSA) is 35.2 Å². The van der Waals surface area contributed by atoms with E-state index in [4.69, 9.17) is 10.5 Å². The van der Waals surface area contributed by atoms with Crippen molar-refractivity contribution in [3.8, 4) is 0 Å². The van der Waals surface area contributed by atoms with Crippen molar-refractivity contribution >= 4 is 0 Å². The highest BCUT2D eigenvalue weighted by atomic mass is 16.5. The van der Waals surface area contributed by atoms with Crippen LogP contribution >= 0.6 is 0 Å². The van der Waals surface area contributed by atoms with E-state index in [1.165, 1.54) is 25.7 Å². The van der Waals surface area contributed by atoms with Crippen molar-refractivity contribution in [1.29, 1.82) is 0 Å². The lowest BCUT2D eigenvalue weighted by Crippen LogP contribution is -2.36. The zero-order valence-electron chi connectivity index (χ0n) is 9.94. The van der Waals surface area contributed by atoms with Gasteiger partial charge in [0.1, 0.15) is 0 Å². The first kappa shape index (κ1) is 12.0. The minimum atomic E-state index is 0.388. The third kappa shape index (κ3) is 2.96. The summed E-state index contributed by atoms with van der Waals surface area (Å²) in [5, 5.41) is 0. The van der Waals surface area contributed by atoms with Crippen molar-refractivity contribution in [2.45, 2.75) is 46.0 Å². The van der Waals surface area contributed by atoms with Crippen LogP contribution in [0.1, 0.15) is 46.0 Å². The summed E-state index contributed by atoms with van der Waals surface area (Å²) in [5.74, 6) is 0.